The van der Waals surface area contributed by atoms with Gasteiger partial charge in [0.15, 0.2) is 0 Å². The van der Waals surface area contributed by atoms with Gasteiger partial charge in [-0.1, -0.05) is 11.6 Å². The Balaban J connectivity index is 1.70. The second-order valence-electron chi connectivity index (χ2n) is 7.24. The van der Waals surface area contributed by atoms with E-state index in [2.05, 4.69) is 21.2 Å². The third kappa shape index (κ3) is 3.29. The number of hydrogen-bond acceptors (Lipinski definition) is 6. The number of aromatic nitrogens is 1. The number of ether oxygens (including phenoxy) is 1. The van der Waals surface area contributed by atoms with Crippen LogP contribution in [0.3, 0.4) is 0 Å². The minimum Gasteiger partial charge on any atom is -0.378 e. The van der Waals surface area contributed by atoms with E-state index in [1.165, 1.54) is 0 Å². The molecule has 0 radical (unpaired) electrons. The molecule has 0 spiro atoms. The maximum atomic E-state index is 12.2. The van der Waals surface area contributed by atoms with Gasteiger partial charge in [-0.15, -0.1) is 11.3 Å². The average molecular weight is 395 g/mol. The molecule has 1 N–H and O–H groups in total. The van der Waals surface area contributed by atoms with Crippen LogP contribution in [0.1, 0.15) is 19.5 Å². The molecule has 8 heteroatoms. The highest BCUT2D eigenvalue weighted by atomic mass is 35.5. The molecule has 0 bridgehead atoms. The number of thiophene rings is 1. The van der Waals surface area contributed by atoms with E-state index in [0.717, 1.165) is 45.6 Å². The molecule has 2 aromatic rings. The Labute approximate surface area is 162 Å². The number of nitrogens with one attached hydrogen (secondary N) is 1. The van der Waals surface area contributed by atoms with Gasteiger partial charge in [0.1, 0.15) is 5.82 Å². The fourth-order valence-electron chi connectivity index (χ4n) is 3.55. The maximum Gasteiger partial charge on any atom is 0.240 e. The molecule has 2 aliphatic heterocycles. The summed E-state index contributed by atoms with van der Waals surface area (Å²) < 4.78 is 7.39. The number of fused-ring (bicyclic) bond motifs is 1. The fraction of sp³-hybridized carbons (Fsp3) is 0.556. The predicted octanol–water partition coefficient (Wildman–Crippen LogP) is 2.50. The zero-order valence-corrected chi connectivity index (χ0v) is 16.6. The Morgan fingerprint density at radius 2 is 2.08 bits per heavy atom. The number of morpholine rings is 1. The minimum absolute atomic E-state index is 0.0670. The van der Waals surface area contributed by atoms with Gasteiger partial charge in [-0.3, -0.25) is 9.69 Å². The highest BCUT2D eigenvalue weighted by Crippen LogP contribution is 2.36. The molecule has 0 saturated carbocycles. The van der Waals surface area contributed by atoms with Gasteiger partial charge in [0.05, 0.1) is 28.8 Å². The van der Waals surface area contributed by atoms with Gasteiger partial charge in [0, 0.05) is 42.8 Å². The lowest BCUT2D eigenvalue weighted by molar-refractivity contribution is -0.135. The Bertz CT molecular complexity index is 832. The number of pyridine rings is 1. The third-order valence-electron chi connectivity index (χ3n) is 5.20. The van der Waals surface area contributed by atoms with Crippen LogP contribution in [-0.4, -0.2) is 60.7 Å². The Morgan fingerprint density at radius 1 is 1.31 bits per heavy atom. The second-order valence-corrected chi connectivity index (χ2v) is 8.95. The van der Waals surface area contributed by atoms with Gasteiger partial charge in [-0.25, -0.2) is 4.98 Å². The molecule has 2 aliphatic rings. The summed E-state index contributed by atoms with van der Waals surface area (Å²) >= 11 is 7.86. The molecule has 2 fully saturated rings. The summed E-state index contributed by atoms with van der Waals surface area (Å²) in [5.41, 5.74) is 0.432. The monoisotopic (exact) mass is 394 g/mol. The van der Waals surface area contributed by atoms with E-state index in [1.54, 1.807) is 11.3 Å². The summed E-state index contributed by atoms with van der Waals surface area (Å²) in [6.07, 6.45) is 0. The van der Waals surface area contributed by atoms with Gasteiger partial charge in [-0.2, -0.15) is 0 Å². The smallest absolute Gasteiger partial charge is 0.240 e. The number of halogens is 1. The van der Waals surface area contributed by atoms with Crippen molar-refractivity contribution in [2.24, 2.45) is 0 Å². The van der Waals surface area contributed by atoms with E-state index in [9.17, 15) is 4.79 Å². The molecule has 0 aliphatic carbocycles. The molecule has 2 saturated heterocycles. The van der Waals surface area contributed by atoms with Crippen molar-refractivity contribution in [3.63, 3.8) is 0 Å². The van der Waals surface area contributed by atoms with Crippen molar-refractivity contribution in [2.45, 2.75) is 25.9 Å². The number of anilines is 1. The molecule has 4 rings (SSSR count). The molecular weight excluding hydrogens is 372 g/mol. The summed E-state index contributed by atoms with van der Waals surface area (Å²) in [5, 5.41) is 4.04. The van der Waals surface area contributed by atoms with E-state index in [1.807, 2.05) is 19.9 Å². The highest BCUT2D eigenvalue weighted by molar-refractivity contribution is 7.22. The predicted molar refractivity (Wildman–Crippen MR) is 105 cm³/mol. The molecule has 2 aromatic heterocycles. The first kappa shape index (κ1) is 18.0. The highest BCUT2D eigenvalue weighted by Gasteiger charge is 2.37. The van der Waals surface area contributed by atoms with Crippen molar-refractivity contribution >= 4 is 44.7 Å². The van der Waals surface area contributed by atoms with Gasteiger partial charge in [0.25, 0.3) is 0 Å². The van der Waals surface area contributed by atoms with Crippen LogP contribution in [0.5, 0.6) is 0 Å². The van der Waals surface area contributed by atoms with Crippen LogP contribution in [0.2, 0.25) is 4.34 Å². The number of carbonyl (C=O) groups excluding carboxylic acids is 1. The van der Waals surface area contributed by atoms with Crippen LogP contribution in [0.15, 0.2) is 12.1 Å². The topological polar surface area (TPSA) is 57.7 Å². The number of amides is 1. The zero-order chi connectivity index (χ0) is 18.3. The van der Waals surface area contributed by atoms with Crippen LogP contribution in [0.25, 0.3) is 10.1 Å². The summed E-state index contributed by atoms with van der Waals surface area (Å²) in [6, 6.07) is 4.11. The van der Waals surface area contributed by atoms with Crippen LogP contribution in [0.4, 0.5) is 5.82 Å². The first-order valence-corrected chi connectivity index (χ1v) is 10.1. The second kappa shape index (κ2) is 6.96. The Kier molecular flexibility index (Phi) is 4.81. The van der Waals surface area contributed by atoms with Crippen LogP contribution in [0, 0.1) is 0 Å². The Hall–Kier alpha value is -1.41. The lowest BCUT2D eigenvalue weighted by Crippen LogP contribution is -2.61. The summed E-state index contributed by atoms with van der Waals surface area (Å²) in [5.74, 6) is 1.04. The lowest BCUT2D eigenvalue weighted by Gasteiger charge is -2.41. The van der Waals surface area contributed by atoms with Gasteiger partial charge in [0.2, 0.25) is 5.91 Å². The van der Waals surface area contributed by atoms with Crippen molar-refractivity contribution in [3.8, 4) is 0 Å². The summed E-state index contributed by atoms with van der Waals surface area (Å²) in [6.45, 7) is 9.14. The normalized spacial score (nSPS) is 21.2. The molecule has 140 valence electrons. The minimum atomic E-state index is -0.541. The quantitative estimate of drug-likeness (QED) is 0.866. The molecule has 26 heavy (non-hydrogen) atoms. The van der Waals surface area contributed by atoms with Gasteiger partial charge >= 0.3 is 0 Å². The van der Waals surface area contributed by atoms with Crippen molar-refractivity contribution in [3.05, 3.63) is 22.2 Å². The van der Waals surface area contributed by atoms with E-state index >= 15 is 0 Å². The molecule has 4 heterocycles. The standard InChI is InChI=1S/C18H23ClN4O2S/c1-18(2)17(24)20-3-4-23(18)11-12-9-14-13(10-15(19)26-14)16(21-12)22-5-7-25-8-6-22/h9-10H,3-8,11H2,1-2H3,(H,20,24). The summed E-state index contributed by atoms with van der Waals surface area (Å²) in [7, 11) is 0. The molecule has 0 atom stereocenters. The van der Waals surface area contributed by atoms with Crippen molar-refractivity contribution < 1.29 is 9.53 Å². The lowest BCUT2D eigenvalue weighted by atomic mass is 9.98. The molecule has 0 unspecified atom stereocenters. The van der Waals surface area contributed by atoms with Gasteiger partial charge < -0.3 is 15.0 Å². The number of nitrogens with zero attached hydrogens (tertiary/aromatic N) is 3. The number of rotatable bonds is 3. The summed E-state index contributed by atoms with van der Waals surface area (Å²) in [4.78, 5) is 21.7. The molecule has 1 amide bonds. The molecule has 0 aromatic carbocycles. The van der Waals surface area contributed by atoms with Crippen molar-refractivity contribution in [1.82, 2.24) is 15.2 Å². The third-order valence-corrected chi connectivity index (χ3v) is 6.41. The van der Waals surface area contributed by atoms with Crippen LogP contribution < -0.4 is 10.2 Å². The number of piperazine rings is 1. The number of carbonyl (C=O) groups is 1. The van der Waals surface area contributed by atoms with Crippen LogP contribution >= 0.6 is 22.9 Å². The molecular formula is C18H23ClN4O2S. The maximum absolute atomic E-state index is 12.2. The number of hydrogen-bond donors (Lipinski definition) is 1. The molecule has 6 nitrogen and oxygen atoms in total. The first-order valence-electron chi connectivity index (χ1n) is 8.90. The first-order chi connectivity index (χ1) is 12.4. The largest absolute Gasteiger partial charge is 0.378 e. The van der Waals surface area contributed by atoms with Crippen LogP contribution in [-0.2, 0) is 16.1 Å². The van der Waals surface area contributed by atoms with E-state index in [-0.39, 0.29) is 5.91 Å². The van der Waals surface area contributed by atoms with E-state index < -0.39 is 5.54 Å². The SMILES string of the molecule is CC1(C)C(=O)NCCN1Cc1cc2sc(Cl)cc2c(N2CCOCC2)n1. The van der Waals surface area contributed by atoms with Gasteiger partial charge in [-0.05, 0) is 26.0 Å². The average Bonchev–Trinajstić information content (AvgIpc) is 2.99. The zero-order valence-electron chi connectivity index (χ0n) is 15.0. The van der Waals surface area contributed by atoms with E-state index in [0.29, 0.717) is 26.3 Å². The van der Waals surface area contributed by atoms with Crippen molar-refractivity contribution in [1.29, 1.82) is 0 Å². The van der Waals surface area contributed by atoms with E-state index in [4.69, 9.17) is 21.3 Å². The Morgan fingerprint density at radius 3 is 2.85 bits per heavy atom. The van der Waals surface area contributed by atoms with Crippen molar-refractivity contribution in [2.75, 3.05) is 44.3 Å². The fourth-order valence-corrected chi connectivity index (χ4v) is 4.75.